The number of hydrogen-bond acceptors (Lipinski definition) is 4. The van der Waals surface area contributed by atoms with E-state index in [2.05, 4.69) is 10.2 Å². The lowest BCUT2D eigenvalue weighted by molar-refractivity contribution is -0.105. The molecule has 0 aromatic heterocycles. The van der Waals surface area contributed by atoms with Crippen LogP contribution < -0.4 is 14.8 Å². The molecule has 2 amide bonds. The van der Waals surface area contributed by atoms with Gasteiger partial charge in [-0.2, -0.15) is 0 Å². The van der Waals surface area contributed by atoms with Crippen LogP contribution >= 0.6 is 0 Å². The Morgan fingerprint density at radius 2 is 1.82 bits per heavy atom. The number of carbonyl (C=O) groups excluding carboxylic acids is 1. The van der Waals surface area contributed by atoms with Crippen molar-refractivity contribution in [2.45, 2.75) is 57.2 Å². The molecule has 1 aliphatic carbocycles. The summed E-state index contributed by atoms with van der Waals surface area (Å²) >= 11 is 0. The molecule has 6 nitrogen and oxygen atoms in total. The van der Waals surface area contributed by atoms with E-state index in [1.807, 2.05) is 23.1 Å². The van der Waals surface area contributed by atoms with Crippen LogP contribution in [0.2, 0.25) is 0 Å². The normalized spacial score (nSPS) is 26.1. The molecule has 1 N–H and O–H groups in total. The van der Waals surface area contributed by atoms with E-state index in [1.165, 1.54) is 32.4 Å². The van der Waals surface area contributed by atoms with Gasteiger partial charge in [0.2, 0.25) is 0 Å². The minimum Gasteiger partial charge on any atom is -0.448 e. The average molecular weight is 386 g/mol. The van der Waals surface area contributed by atoms with Crippen molar-refractivity contribution in [2.75, 3.05) is 38.0 Å². The number of nitrogens with one attached hydrogen (secondary N) is 1. The molecule has 1 aromatic carbocycles. The lowest BCUT2D eigenvalue weighted by atomic mass is 9.94. The van der Waals surface area contributed by atoms with Crippen molar-refractivity contribution >= 4 is 11.7 Å². The van der Waals surface area contributed by atoms with Gasteiger partial charge >= 0.3 is 6.03 Å². The Balaban J connectivity index is 1.17. The molecule has 3 heterocycles. The highest BCUT2D eigenvalue weighted by molar-refractivity contribution is 5.90. The number of likely N-dealkylation sites (tertiary alicyclic amines) is 2. The minimum atomic E-state index is -0.471. The zero-order valence-electron chi connectivity index (χ0n) is 16.6. The van der Waals surface area contributed by atoms with Gasteiger partial charge in [-0.15, -0.1) is 0 Å². The van der Waals surface area contributed by atoms with E-state index in [0.717, 1.165) is 68.9 Å². The number of ether oxygens (including phenoxy) is 2. The molecule has 6 heteroatoms. The number of benzene rings is 1. The molecule has 1 aromatic rings. The molecule has 3 fully saturated rings. The molecule has 1 saturated carbocycles. The van der Waals surface area contributed by atoms with E-state index in [0.29, 0.717) is 5.92 Å². The van der Waals surface area contributed by atoms with Crippen molar-refractivity contribution in [3.8, 4) is 11.5 Å². The zero-order chi connectivity index (χ0) is 19.0. The Morgan fingerprint density at radius 1 is 1.04 bits per heavy atom. The Labute approximate surface area is 167 Å². The quantitative estimate of drug-likeness (QED) is 0.852. The number of fused-ring (bicyclic) bond motifs is 1. The van der Waals surface area contributed by atoms with Crippen molar-refractivity contribution in [3.05, 3.63) is 18.2 Å². The van der Waals surface area contributed by atoms with Gasteiger partial charge in [-0.1, -0.05) is 6.42 Å². The maximum absolute atomic E-state index is 12.7. The van der Waals surface area contributed by atoms with Gasteiger partial charge in [0, 0.05) is 44.2 Å². The molecule has 3 aliphatic heterocycles. The summed E-state index contributed by atoms with van der Waals surface area (Å²) < 4.78 is 12.3. The van der Waals surface area contributed by atoms with Crippen molar-refractivity contribution in [2.24, 2.45) is 5.92 Å². The van der Waals surface area contributed by atoms with Crippen LogP contribution in [-0.4, -0.2) is 54.3 Å². The number of nitrogens with zero attached hydrogens (tertiary/aromatic N) is 2. The van der Waals surface area contributed by atoms with Gasteiger partial charge in [-0.05, 0) is 63.2 Å². The number of hydrogen-bond donors (Lipinski definition) is 1. The highest BCUT2D eigenvalue weighted by Gasteiger charge is 2.42. The first-order chi connectivity index (χ1) is 13.7. The van der Waals surface area contributed by atoms with E-state index >= 15 is 0 Å². The topological polar surface area (TPSA) is 54.0 Å². The van der Waals surface area contributed by atoms with Gasteiger partial charge in [0.25, 0.3) is 5.79 Å². The van der Waals surface area contributed by atoms with Gasteiger partial charge in [-0.3, -0.25) is 0 Å². The maximum Gasteiger partial charge on any atom is 0.321 e. The van der Waals surface area contributed by atoms with Crippen molar-refractivity contribution in [3.63, 3.8) is 0 Å². The van der Waals surface area contributed by atoms with Crippen molar-refractivity contribution in [1.82, 2.24) is 9.80 Å². The van der Waals surface area contributed by atoms with Crippen LogP contribution in [0.25, 0.3) is 0 Å². The summed E-state index contributed by atoms with van der Waals surface area (Å²) in [5, 5.41) is 3.06. The SMILES string of the molecule is O=C(Nc1ccc2c(c1)OC1(CCCCC1)O2)N1CCC(CN2CCCC2)C1. The third-order valence-corrected chi connectivity index (χ3v) is 6.69. The van der Waals surface area contributed by atoms with Crippen molar-refractivity contribution in [1.29, 1.82) is 0 Å². The van der Waals surface area contributed by atoms with Gasteiger partial charge in [-0.25, -0.2) is 4.79 Å². The molecule has 1 atom stereocenters. The summed E-state index contributed by atoms with van der Waals surface area (Å²) in [6.07, 6.45) is 9.17. The molecule has 0 bridgehead atoms. The highest BCUT2D eigenvalue weighted by atomic mass is 16.7. The number of rotatable bonds is 3. The van der Waals surface area contributed by atoms with E-state index in [9.17, 15) is 4.79 Å². The third kappa shape index (κ3) is 3.66. The van der Waals surface area contributed by atoms with Crippen LogP contribution in [-0.2, 0) is 0 Å². The molecular weight excluding hydrogens is 354 g/mol. The zero-order valence-corrected chi connectivity index (χ0v) is 16.6. The smallest absolute Gasteiger partial charge is 0.321 e. The largest absolute Gasteiger partial charge is 0.448 e. The molecule has 4 aliphatic rings. The monoisotopic (exact) mass is 385 g/mol. The summed E-state index contributed by atoms with van der Waals surface area (Å²) in [5.74, 6) is 1.69. The Hall–Kier alpha value is -1.95. The molecule has 152 valence electrons. The van der Waals surface area contributed by atoms with Gasteiger partial charge < -0.3 is 24.6 Å². The third-order valence-electron chi connectivity index (χ3n) is 6.69. The lowest BCUT2D eigenvalue weighted by Gasteiger charge is -2.31. The molecule has 5 rings (SSSR count). The predicted molar refractivity (Wildman–Crippen MR) is 108 cm³/mol. The second-order valence-corrected chi connectivity index (χ2v) is 8.88. The second kappa shape index (κ2) is 7.47. The fraction of sp³-hybridized carbons (Fsp3) is 0.682. The van der Waals surface area contributed by atoms with Gasteiger partial charge in [0.1, 0.15) is 0 Å². The first-order valence-corrected chi connectivity index (χ1v) is 11.0. The summed E-state index contributed by atoms with van der Waals surface area (Å²) in [4.78, 5) is 17.2. The lowest BCUT2D eigenvalue weighted by Crippen LogP contribution is -2.40. The van der Waals surface area contributed by atoms with E-state index in [4.69, 9.17) is 9.47 Å². The Bertz CT molecular complexity index is 726. The second-order valence-electron chi connectivity index (χ2n) is 8.88. The standard InChI is InChI=1S/C22H31N3O3/c26-21(25-13-8-17(16-25)15-24-11-4-5-12-24)23-18-6-7-19-20(14-18)28-22(27-19)9-2-1-3-10-22/h6-7,14,17H,1-5,8-13,15-16H2,(H,23,26). The van der Waals surface area contributed by atoms with Crippen LogP contribution in [0.3, 0.4) is 0 Å². The molecule has 1 unspecified atom stereocenters. The summed E-state index contributed by atoms with van der Waals surface area (Å²) in [6.45, 7) is 5.28. The van der Waals surface area contributed by atoms with E-state index < -0.39 is 5.79 Å². The highest BCUT2D eigenvalue weighted by Crippen LogP contribution is 2.46. The minimum absolute atomic E-state index is 0.00448. The first kappa shape index (κ1) is 18.1. The fourth-order valence-electron chi connectivity index (χ4n) is 5.17. The van der Waals surface area contributed by atoms with Crippen LogP contribution in [0.1, 0.15) is 51.4 Å². The maximum atomic E-state index is 12.7. The molecule has 2 saturated heterocycles. The number of carbonyl (C=O) groups is 1. The molecule has 28 heavy (non-hydrogen) atoms. The summed E-state index contributed by atoms with van der Waals surface area (Å²) in [6, 6.07) is 5.75. The average Bonchev–Trinajstić information content (AvgIpc) is 3.43. The van der Waals surface area contributed by atoms with Gasteiger partial charge in [0.15, 0.2) is 11.5 Å². The van der Waals surface area contributed by atoms with Gasteiger partial charge in [0.05, 0.1) is 0 Å². The van der Waals surface area contributed by atoms with Crippen LogP contribution in [0.5, 0.6) is 11.5 Å². The first-order valence-electron chi connectivity index (χ1n) is 11.0. The molecule has 1 spiro atoms. The molecule has 0 radical (unpaired) electrons. The number of urea groups is 1. The number of amides is 2. The van der Waals surface area contributed by atoms with E-state index in [1.54, 1.807) is 0 Å². The van der Waals surface area contributed by atoms with Crippen LogP contribution in [0.4, 0.5) is 10.5 Å². The summed E-state index contributed by atoms with van der Waals surface area (Å²) in [7, 11) is 0. The Morgan fingerprint density at radius 3 is 2.64 bits per heavy atom. The van der Waals surface area contributed by atoms with E-state index in [-0.39, 0.29) is 6.03 Å². The predicted octanol–water partition coefficient (Wildman–Crippen LogP) is 4.07. The summed E-state index contributed by atoms with van der Waals surface area (Å²) in [5.41, 5.74) is 0.781. The fourth-order valence-corrected chi connectivity index (χ4v) is 5.17. The van der Waals surface area contributed by atoms with Crippen LogP contribution in [0, 0.1) is 5.92 Å². The van der Waals surface area contributed by atoms with Crippen molar-refractivity contribution < 1.29 is 14.3 Å². The Kier molecular flexibility index (Phi) is 4.83. The van der Waals surface area contributed by atoms with Crippen LogP contribution in [0.15, 0.2) is 18.2 Å². The molecular formula is C22H31N3O3. The number of anilines is 1.